The number of hydrogen-bond acceptors (Lipinski definition) is 4. The highest BCUT2D eigenvalue weighted by molar-refractivity contribution is 7.00. The van der Waals surface area contributed by atoms with E-state index >= 15 is 0 Å². The minimum absolute atomic E-state index is 0.138. The van der Waals surface area contributed by atoms with Gasteiger partial charge in [-0.2, -0.15) is 0 Å². The molecule has 101 heavy (non-hydrogen) atoms. The van der Waals surface area contributed by atoms with Crippen LogP contribution in [0.5, 0.6) is 0 Å². The maximum Gasteiger partial charge on any atom is 0.252 e. The molecular formula is C94H63BN4O2. The van der Waals surface area contributed by atoms with Crippen LogP contribution >= 0.6 is 0 Å². The largest absolute Gasteiger partial charge is 0.454 e. The van der Waals surface area contributed by atoms with Gasteiger partial charge < -0.3 is 27.8 Å². The van der Waals surface area contributed by atoms with Crippen molar-refractivity contribution in [2.75, 3.05) is 9.80 Å². The summed E-state index contributed by atoms with van der Waals surface area (Å²) in [6.07, 6.45) is 0. The van der Waals surface area contributed by atoms with Gasteiger partial charge in [-0.05, 0) is 181 Å². The number of furan rings is 2. The molecule has 0 unspecified atom stereocenters. The first-order valence-electron chi connectivity index (χ1n) is 48.4. The van der Waals surface area contributed by atoms with Gasteiger partial charge in [-0.25, -0.2) is 0 Å². The van der Waals surface area contributed by atoms with Crippen LogP contribution in [0.1, 0.15) is 70.2 Å². The molecule has 6 heterocycles. The van der Waals surface area contributed by atoms with Gasteiger partial charge in [0.15, 0.2) is 11.2 Å². The van der Waals surface area contributed by atoms with Gasteiger partial charge in [-0.1, -0.05) is 239 Å². The summed E-state index contributed by atoms with van der Waals surface area (Å²) in [5, 5.41) is -3.13. The highest BCUT2D eigenvalue weighted by atomic mass is 16.3. The van der Waals surface area contributed by atoms with Crippen LogP contribution < -0.4 is 26.2 Å². The average molecular weight is 1320 g/mol. The molecule has 0 spiro atoms. The zero-order valence-electron chi connectivity index (χ0n) is 85.4. The Hall–Kier alpha value is -12.8. The maximum atomic E-state index is 11.7. The zero-order valence-corrected chi connectivity index (χ0v) is 53.4. The number of fused-ring (bicyclic) bond motifs is 16. The molecule has 4 aromatic heterocycles. The second-order valence-corrected chi connectivity index (χ2v) is 25.8. The number of para-hydroxylation sites is 4. The molecule has 0 fully saturated rings. The molecule has 0 aliphatic carbocycles. The van der Waals surface area contributed by atoms with Crippen LogP contribution in [0.15, 0.2) is 336 Å². The molecular weight excluding hydrogens is 1230 g/mol. The van der Waals surface area contributed by atoms with Crippen LogP contribution in [0, 0.1) is 0 Å². The van der Waals surface area contributed by atoms with Crippen molar-refractivity contribution in [1.82, 2.24) is 9.13 Å². The Kier molecular flexibility index (Phi) is 7.37. The van der Waals surface area contributed by atoms with Crippen molar-refractivity contribution in [2.24, 2.45) is 0 Å². The Morgan fingerprint density at radius 2 is 0.673 bits per heavy atom. The van der Waals surface area contributed by atoms with Crippen molar-refractivity contribution < 1.29 is 52.7 Å². The zero-order chi connectivity index (χ0) is 94.6. The Balaban J connectivity index is 1.03. The molecule has 15 aromatic carbocycles. The molecule has 7 heteroatoms. The first-order chi connectivity index (χ1) is 63.1. The molecule has 0 bridgehead atoms. The lowest BCUT2D eigenvalue weighted by Gasteiger charge is -2.45. The number of rotatable bonds is 8. The molecule has 21 rings (SSSR count). The van der Waals surface area contributed by atoms with E-state index in [0.717, 1.165) is 9.13 Å². The molecule has 0 amide bonds. The minimum Gasteiger partial charge on any atom is -0.454 e. The van der Waals surface area contributed by atoms with Crippen LogP contribution in [0.4, 0.5) is 34.1 Å². The van der Waals surface area contributed by atoms with Gasteiger partial charge >= 0.3 is 0 Å². The number of benzene rings is 15. The minimum atomic E-state index is -2.08. The third-order valence-electron chi connectivity index (χ3n) is 19.0. The van der Waals surface area contributed by atoms with Gasteiger partial charge in [0.25, 0.3) is 6.71 Å². The first-order valence-corrected chi connectivity index (χ1v) is 32.4. The summed E-state index contributed by atoms with van der Waals surface area (Å²) in [5.74, 6) is 0. The van der Waals surface area contributed by atoms with Crippen molar-refractivity contribution in [3.05, 3.63) is 332 Å². The number of anilines is 6. The highest BCUT2D eigenvalue weighted by Gasteiger charge is 2.46. The second kappa shape index (κ2) is 21.8. The van der Waals surface area contributed by atoms with Gasteiger partial charge in [-0.15, -0.1) is 0 Å². The van der Waals surface area contributed by atoms with Gasteiger partial charge in [0, 0.05) is 77.2 Å². The Labute approximate surface area is 629 Å². The van der Waals surface area contributed by atoms with Crippen molar-refractivity contribution in [2.45, 2.75) is 26.2 Å². The van der Waals surface area contributed by atoms with E-state index in [4.69, 9.17) is 11.6 Å². The molecule has 0 saturated heterocycles. The maximum absolute atomic E-state index is 11.7. The fourth-order valence-corrected chi connectivity index (χ4v) is 14.3. The standard InChI is InChI=1S/C94H63BN4O2/c1-94(2,3)66-54-85-91-86(55-66)99(88-53-65(61-30-14-7-15-31-61)51-76-72-35-19-23-39-90(72)101-93(76)88)84-57-68(97-80-37-21-17-33-70(80)74-49-63(41-47-82(74)97)59-26-10-5-11-27-59)43-45-78(84)95(91)77-44-42-67(96-79-36-20-16-32-69(79)73-48-62(40-46-81(73)96)58-24-8-4-9-25-58)56-83(77)98(85)87-52-64(60-28-12-6-13-29-60)50-75-71-34-18-22-38-89(71)100-92(75)87/h4-57H,1-3H3/i16D,17D,18D,19D,20D,21D,22D,23D,32D,33D,34D,35D,36D,37D,38D,39D,40D,41D,42D,43D,44D,45D,46D,47D,48D,49D,50D,51D,52D,53D,56D,57D. The van der Waals surface area contributed by atoms with E-state index in [2.05, 4.69) is 0 Å². The summed E-state index contributed by atoms with van der Waals surface area (Å²) >= 11 is 0. The van der Waals surface area contributed by atoms with Crippen LogP contribution in [0.25, 0.3) is 143 Å². The van der Waals surface area contributed by atoms with E-state index in [1.807, 2.05) is 0 Å². The van der Waals surface area contributed by atoms with E-state index in [9.17, 15) is 41.1 Å². The van der Waals surface area contributed by atoms with Crippen LogP contribution in [-0.2, 0) is 5.41 Å². The third-order valence-corrected chi connectivity index (χ3v) is 19.0. The van der Waals surface area contributed by atoms with Crippen LogP contribution in [-0.4, -0.2) is 15.8 Å². The van der Waals surface area contributed by atoms with E-state index in [1.54, 1.807) is 154 Å². The second-order valence-electron chi connectivity index (χ2n) is 25.8. The molecule has 0 atom stereocenters. The highest BCUT2D eigenvalue weighted by Crippen LogP contribution is 2.53. The van der Waals surface area contributed by atoms with Crippen LogP contribution in [0.3, 0.4) is 0 Å². The number of nitrogens with zero attached hydrogens (tertiary/aromatic N) is 4. The smallest absolute Gasteiger partial charge is 0.252 e. The van der Waals surface area contributed by atoms with E-state index in [0.29, 0.717) is 0 Å². The van der Waals surface area contributed by atoms with Gasteiger partial charge in [0.2, 0.25) is 0 Å². The predicted octanol–water partition coefficient (Wildman–Crippen LogP) is 23.7. The number of hydrogen-bond donors (Lipinski definition) is 0. The summed E-state index contributed by atoms with van der Waals surface area (Å²) in [7, 11) is 0. The van der Waals surface area contributed by atoms with Crippen molar-refractivity contribution in [1.29, 1.82) is 0 Å². The fourth-order valence-electron chi connectivity index (χ4n) is 14.3. The lowest BCUT2D eigenvalue weighted by molar-refractivity contribution is 0.590. The fraction of sp³-hybridized carbons (Fsp3) is 0.0426. The molecule has 0 radical (unpaired) electrons. The summed E-state index contributed by atoms with van der Waals surface area (Å²) in [4.78, 5) is 2.47. The van der Waals surface area contributed by atoms with Crippen molar-refractivity contribution in [3.8, 4) is 55.9 Å². The van der Waals surface area contributed by atoms with E-state index in [1.165, 1.54) is 9.80 Å². The Morgan fingerprint density at radius 3 is 1.09 bits per heavy atom. The summed E-state index contributed by atoms with van der Waals surface area (Å²) < 4.78 is 340. The van der Waals surface area contributed by atoms with E-state index < -0.39 is 306 Å². The summed E-state index contributed by atoms with van der Waals surface area (Å²) in [6, 6.07) is 9.86. The van der Waals surface area contributed by atoms with E-state index in [-0.39, 0.29) is 99.2 Å². The first kappa shape index (κ1) is 34.1. The van der Waals surface area contributed by atoms with Gasteiger partial charge in [0.1, 0.15) is 11.2 Å². The topological polar surface area (TPSA) is 42.6 Å². The Morgan fingerprint density at radius 1 is 0.307 bits per heavy atom. The van der Waals surface area contributed by atoms with Crippen LogP contribution in [0.2, 0.25) is 0 Å². The molecule has 0 saturated carbocycles. The molecule has 2 aliphatic rings. The quantitative estimate of drug-likeness (QED) is 0.142. The van der Waals surface area contributed by atoms with Gasteiger partial charge in [-0.3, -0.25) is 0 Å². The summed E-state index contributed by atoms with van der Waals surface area (Å²) in [5.41, 5.74) is -11.6. The normalized spacial score (nSPS) is 17.3. The Bertz CT molecular complexity index is 8170. The third kappa shape index (κ3) is 8.73. The average Bonchev–Trinajstić information content (AvgIpc) is 1.64. The molecule has 0 N–H and O–H groups in total. The van der Waals surface area contributed by atoms with Crippen molar-refractivity contribution in [3.63, 3.8) is 0 Å². The summed E-state index contributed by atoms with van der Waals surface area (Å²) in [6.45, 7) is 3.22. The lowest BCUT2D eigenvalue weighted by Crippen LogP contribution is -2.61. The monoisotopic (exact) mass is 1320 g/mol. The lowest BCUT2D eigenvalue weighted by atomic mass is 9.33. The van der Waals surface area contributed by atoms with Crippen molar-refractivity contribution >= 4 is 145 Å². The molecule has 6 nitrogen and oxygen atoms in total. The predicted molar refractivity (Wildman–Crippen MR) is 424 cm³/mol. The molecule has 2 aliphatic heterocycles. The van der Waals surface area contributed by atoms with Gasteiger partial charge in [0.05, 0.1) is 77.3 Å². The molecule has 19 aromatic rings. The SMILES string of the molecule is [2H]c1c([2H])c(-n2c3c([2H])c([2H])c([2H])c([2H])c3c3c([2H])c(-c4ccccc4)c([2H])c([2H])c32)c([2H])c2c1B1c3c(cc(C(C)(C)C)cc3N(c3c([2H])c(-c4ccccc4)c([2H])c4c3oc3c([2H])c([2H])c([2H])c([2H])c34)c3c([2H])c(-n4c5c([2H])c([2H])c([2H])c([2H])c5c5c([2H])c(-c6ccccc6)c([2H])c([2H])c54)c([2H])c([2H])c31)N2c1c([2H])c(-c2ccccc2)c([2H])c2c1oc1c([2H])c([2H])c([2H])c([2H])c12. The molecule has 474 valence electrons. The number of aromatic nitrogens is 2.